The lowest BCUT2D eigenvalue weighted by Gasteiger charge is -2.47. The third-order valence-corrected chi connectivity index (χ3v) is 7.45. The van der Waals surface area contributed by atoms with E-state index in [1.54, 1.807) is 0 Å². The molecule has 4 nitrogen and oxygen atoms in total. The minimum Gasteiger partial charge on any atom is -0.486 e. The van der Waals surface area contributed by atoms with Crippen molar-refractivity contribution in [2.24, 2.45) is 17.3 Å². The standard InChI is InChI=1S/C28H35NO3/c1-2-21-15-24-9-6-14-28(17-21,18-24)26(30)20-32-25-12-10-22(11-13-25)16-27(31)29-19-23-7-4-3-5-8-23/h3-5,7-8,10-13,21,24H,2,6,9,14-20H2,1H3,(H,29,31). The number of fused-ring (bicyclic) bond motifs is 2. The van der Waals surface area contributed by atoms with Crippen LogP contribution in [0.15, 0.2) is 54.6 Å². The lowest BCUT2D eigenvalue weighted by Crippen LogP contribution is -2.44. The fourth-order valence-electron chi connectivity index (χ4n) is 5.71. The van der Waals surface area contributed by atoms with Crippen LogP contribution in [-0.2, 0) is 22.6 Å². The normalized spacial score (nSPS) is 24.5. The summed E-state index contributed by atoms with van der Waals surface area (Å²) >= 11 is 0. The highest BCUT2D eigenvalue weighted by Gasteiger charge is 2.47. The molecule has 0 saturated heterocycles. The topological polar surface area (TPSA) is 55.4 Å². The highest BCUT2D eigenvalue weighted by molar-refractivity contribution is 5.86. The van der Waals surface area contributed by atoms with Crippen LogP contribution >= 0.6 is 0 Å². The number of ketones is 1. The van der Waals surface area contributed by atoms with Crippen LogP contribution in [0.1, 0.15) is 63.0 Å². The van der Waals surface area contributed by atoms with Crippen molar-refractivity contribution in [2.75, 3.05) is 6.61 Å². The molecule has 3 atom stereocenters. The van der Waals surface area contributed by atoms with Gasteiger partial charge >= 0.3 is 0 Å². The van der Waals surface area contributed by atoms with Gasteiger partial charge in [0.25, 0.3) is 0 Å². The number of Topliss-reactive ketones (excluding diaryl/α,β-unsaturated/α-hetero) is 1. The molecular weight excluding hydrogens is 398 g/mol. The molecule has 2 bridgehead atoms. The summed E-state index contributed by atoms with van der Waals surface area (Å²) in [6, 6.07) is 17.4. The summed E-state index contributed by atoms with van der Waals surface area (Å²) in [6.07, 6.45) is 8.39. The summed E-state index contributed by atoms with van der Waals surface area (Å²) in [5.74, 6) is 2.37. The van der Waals surface area contributed by atoms with E-state index in [0.29, 0.717) is 24.6 Å². The van der Waals surface area contributed by atoms with Gasteiger partial charge in [-0.3, -0.25) is 9.59 Å². The lowest BCUT2D eigenvalue weighted by atomic mass is 9.57. The van der Waals surface area contributed by atoms with E-state index in [1.165, 1.54) is 25.7 Å². The summed E-state index contributed by atoms with van der Waals surface area (Å²) < 4.78 is 5.89. The number of hydrogen-bond acceptors (Lipinski definition) is 3. The number of rotatable bonds is 9. The molecule has 0 aliphatic heterocycles. The molecule has 0 radical (unpaired) electrons. The van der Waals surface area contributed by atoms with Crippen molar-refractivity contribution < 1.29 is 14.3 Å². The molecule has 2 saturated carbocycles. The van der Waals surface area contributed by atoms with E-state index in [-0.39, 0.29) is 23.7 Å². The number of nitrogens with one attached hydrogen (secondary N) is 1. The Morgan fingerprint density at radius 2 is 1.81 bits per heavy atom. The number of carbonyl (C=O) groups excluding carboxylic acids is 2. The first kappa shape index (κ1) is 22.6. The van der Waals surface area contributed by atoms with Gasteiger partial charge in [0.15, 0.2) is 5.78 Å². The Balaban J connectivity index is 1.26. The molecule has 2 aliphatic rings. The zero-order valence-electron chi connectivity index (χ0n) is 19.1. The number of carbonyl (C=O) groups is 2. The van der Waals surface area contributed by atoms with Crippen LogP contribution in [0.2, 0.25) is 0 Å². The maximum atomic E-state index is 13.2. The smallest absolute Gasteiger partial charge is 0.224 e. The fraction of sp³-hybridized carbons (Fsp3) is 0.500. The summed E-state index contributed by atoms with van der Waals surface area (Å²) in [4.78, 5) is 25.4. The van der Waals surface area contributed by atoms with Crippen molar-refractivity contribution in [1.29, 1.82) is 0 Å². The zero-order chi connectivity index (χ0) is 22.4. The maximum absolute atomic E-state index is 13.2. The molecule has 32 heavy (non-hydrogen) atoms. The Labute approximate surface area is 191 Å². The molecule has 3 unspecified atom stereocenters. The SMILES string of the molecule is CCC1CC2CCCC(C(=O)COc3ccc(CC(=O)NCc4ccccc4)cc3)(C1)C2. The van der Waals surface area contributed by atoms with Crippen molar-refractivity contribution in [1.82, 2.24) is 5.32 Å². The molecule has 170 valence electrons. The monoisotopic (exact) mass is 433 g/mol. The minimum absolute atomic E-state index is 0.00794. The van der Waals surface area contributed by atoms with Crippen LogP contribution in [0.5, 0.6) is 5.75 Å². The molecule has 4 heteroatoms. The van der Waals surface area contributed by atoms with Gasteiger partial charge in [-0.1, -0.05) is 68.7 Å². The van der Waals surface area contributed by atoms with E-state index >= 15 is 0 Å². The fourth-order valence-corrected chi connectivity index (χ4v) is 5.71. The molecule has 2 fully saturated rings. The predicted octanol–water partition coefficient (Wildman–Crippen LogP) is 5.49. The number of benzene rings is 2. The number of hydrogen-bond donors (Lipinski definition) is 1. The van der Waals surface area contributed by atoms with Crippen LogP contribution in [0.3, 0.4) is 0 Å². The number of ether oxygens (including phenoxy) is 1. The van der Waals surface area contributed by atoms with Gasteiger partial charge in [0, 0.05) is 12.0 Å². The van der Waals surface area contributed by atoms with Crippen LogP contribution in [0.25, 0.3) is 0 Å². The molecule has 2 aromatic rings. The van der Waals surface area contributed by atoms with Crippen LogP contribution in [-0.4, -0.2) is 18.3 Å². The Hall–Kier alpha value is -2.62. The van der Waals surface area contributed by atoms with E-state index in [0.717, 1.165) is 36.3 Å². The van der Waals surface area contributed by atoms with Crippen LogP contribution in [0, 0.1) is 17.3 Å². The highest BCUT2D eigenvalue weighted by Crippen LogP contribution is 2.52. The second-order valence-corrected chi connectivity index (χ2v) is 9.75. The Kier molecular flexibility index (Phi) is 7.29. The largest absolute Gasteiger partial charge is 0.486 e. The predicted molar refractivity (Wildman–Crippen MR) is 126 cm³/mol. The van der Waals surface area contributed by atoms with Crippen molar-refractivity contribution in [3.63, 3.8) is 0 Å². The third kappa shape index (κ3) is 5.59. The first-order valence-corrected chi connectivity index (χ1v) is 12.1. The average molecular weight is 434 g/mol. The molecule has 2 aliphatic carbocycles. The van der Waals surface area contributed by atoms with Crippen molar-refractivity contribution in [3.05, 3.63) is 65.7 Å². The van der Waals surface area contributed by atoms with Gasteiger partial charge in [-0.05, 0) is 60.8 Å². The molecule has 2 aromatic carbocycles. The van der Waals surface area contributed by atoms with Gasteiger partial charge < -0.3 is 10.1 Å². The van der Waals surface area contributed by atoms with E-state index in [9.17, 15) is 9.59 Å². The van der Waals surface area contributed by atoms with Gasteiger partial charge in [0.1, 0.15) is 12.4 Å². The molecule has 4 rings (SSSR count). The van der Waals surface area contributed by atoms with Gasteiger partial charge in [0.05, 0.1) is 6.42 Å². The molecule has 1 N–H and O–H groups in total. The molecule has 0 heterocycles. The Morgan fingerprint density at radius 1 is 1.03 bits per heavy atom. The van der Waals surface area contributed by atoms with E-state index in [1.807, 2.05) is 54.6 Å². The molecule has 0 aromatic heterocycles. The van der Waals surface area contributed by atoms with Gasteiger partial charge in [0.2, 0.25) is 5.91 Å². The minimum atomic E-state index is -0.154. The summed E-state index contributed by atoms with van der Waals surface area (Å²) in [6.45, 7) is 2.94. The zero-order valence-corrected chi connectivity index (χ0v) is 19.1. The molecular formula is C28H35NO3. The van der Waals surface area contributed by atoms with Crippen molar-refractivity contribution >= 4 is 11.7 Å². The van der Waals surface area contributed by atoms with Crippen molar-refractivity contribution in [2.45, 2.75) is 64.8 Å². The molecule has 1 amide bonds. The van der Waals surface area contributed by atoms with Crippen LogP contribution in [0.4, 0.5) is 0 Å². The second kappa shape index (κ2) is 10.3. The highest BCUT2D eigenvalue weighted by atomic mass is 16.5. The average Bonchev–Trinajstić information content (AvgIpc) is 2.82. The quantitative estimate of drug-likeness (QED) is 0.569. The molecule has 0 spiro atoms. The summed E-state index contributed by atoms with van der Waals surface area (Å²) in [5.41, 5.74) is 1.86. The maximum Gasteiger partial charge on any atom is 0.224 e. The lowest BCUT2D eigenvalue weighted by molar-refractivity contribution is -0.138. The Bertz CT molecular complexity index is 908. The summed E-state index contributed by atoms with van der Waals surface area (Å²) in [5, 5.41) is 2.95. The first-order valence-electron chi connectivity index (χ1n) is 12.1. The van der Waals surface area contributed by atoms with E-state index in [2.05, 4.69) is 12.2 Å². The van der Waals surface area contributed by atoms with Gasteiger partial charge in [-0.2, -0.15) is 0 Å². The number of amides is 1. The third-order valence-electron chi connectivity index (χ3n) is 7.45. The summed E-state index contributed by atoms with van der Waals surface area (Å²) in [7, 11) is 0. The van der Waals surface area contributed by atoms with Gasteiger partial charge in [-0.15, -0.1) is 0 Å². The first-order chi connectivity index (χ1) is 15.6. The Morgan fingerprint density at radius 3 is 2.56 bits per heavy atom. The van der Waals surface area contributed by atoms with E-state index in [4.69, 9.17) is 4.74 Å². The van der Waals surface area contributed by atoms with Gasteiger partial charge in [-0.25, -0.2) is 0 Å². The van der Waals surface area contributed by atoms with E-state index < -0.39 is 0 Å². The second-order valence-electron chi connectivity index (χ2n) is 9.75. The van der Waals surface area contributed by atoms with Crippen LogP contribution < -0.4 is 10.1 Å². The van der Waals surface area contributed by atoms with Crippen molar-refractivity contribution in [3.8, 4) is 5.75 Å².